The zero-order valence-electron chi connectivity index (χ0n) is 26.7. The fraction of sp³-hybridized carbons (Fsp3) is 0.282. The van der Waals surface area contributed by atoms with E-state index in [0.717, 1.165) is 33.4 Å². The van der Waals surface area contributed by atoms with E-state index < -0.39 is 35.9 Å². The van der Waals surface area contributed by atoms with Gasteiger partial charge in [0.2, 0.25) is 11.8 Å². The van der Waals surface area contributed by atoms with E-state index >= 15 is 0 Å². The molecule has 4 aromatic carbocycles. The van der Waals surface area contributed by atoms with E-state index in [2.05, 4.69) is 22.8 Å². The number of rotatable bonds is 14. The Labute approximate surface area is 275 Å². The van der Waals surface area contributed by atoms with Gasteiger partial charge in [-0.05, 0) is 52.1 Å². The second kappa shape index (κ2) is 15.4. The van der Waals surface area contributed by atoms with Gasteiger partial charge in [0.1, 0.15) is 12.6 Å². The summed E-state index contributed by atoms with van der Waals surface area (Å²) in [6.07, 6.45) is -0.380. The third-order valence-corrected chi connectivity index (χ3v) is 8.72. The number of fused-ring (bicyclic) bond motifs is 3. The van der Waals surface area contributed by atoms with Crippen LogP contribution in [-0.2, 0) is 32.0 Å². The molecule has 4 aromatic rings. The minimum Gasteiger partial charge on any atom is -0.449 e. The standard InChI is InChI=1S/C39H41N3O5/c1-25(2)36(37(40)44)42-38(45)28(21-26-13-5-3-6-14-26)23-35(43)34(22-27-15-7-4-8-16-27)41-39(46)47-24-33-31-19-11-9-17-29(31)30-18-10-12-20-32(30)33/h3-20,25,28,33-34,36H,21-24H2,1-2H3,(H2,40,44)(H,41,46)(H,42,45). The molecule has 1 aliphatic rings. The van der Waals surface area contributed by atoms with Crippen molar-refractivity contribution in [1.29, 1.82) is 0 Å². The average molecular weight is 632 g/mol. The Hall–Kier alpha value is -5.24. The Morgan fingerprint density at radius 1 is 0.702 bits per heavy atom. The summed E-state index contributed by atoms with van der Waals surface area (Å²) in [5.41, 5.74) is 11.7. The number of nitrogens with two attached hydrogens (primary N) is 1. The highest BCUT2D eigenvalue weighted by molar-refractivity contribution is 5.93. The predicted octanol–water partition coefficient (Wildman–Crippen LogP) is 5.58. The lowest BCUT2D eigenvalue weighted by Crippen LogP contribution is -2.50. The van der Waals surface area contributed by atoms with Crippen molar-refractivity contribution in [2.24, 2.45) is 17.6 Å². The summed E-state index contributed by atoms with van der Waals surface area (Å²) >= 11 is 0. The number of Topliss-reactive ketones (excluding diaryl/α,β-unsaturated/α-hetero) is 1. The molecule has 0 saturated heterocycles. The van der Waals surface area contributed by atoms with E-state index in [1.54, 1.807) is 13.8 Å². The molecule has 0 radical (unpaired) electrons. The van der Waals surface area contributed by atoms with Crippen LogP contribution in [0.1, 0.15) is 48.4 Å². The van der Waals surface area contributed by atoms with E-state index in [0.29, 0.717) is 0 Å². The van der Waals surface area contributed by atoms with Crippen LogP contribution in [0.15, 0.2) is 109 Å². The lowest BCUT2D eigenvalue weighted by molar-refractivity contribution is -0.133. The molecule has 0 aromatic heterocycles. The number of amides is 3. The first kappa shape index (κ1) is 33.1. The molecular weight excluding hydrogens is 590 g/mol. The summed E-state index contributed by atoms with van der Waals surface area (Å²) in [7, 11) is 0. The van der Waals surface area contributed by atoms with Crippen molar-refractivity contribution in [2.75, 3.05) is 6.61 Å². The number of alkyl carbamates (subject to hydrolysis) is 1. The molecule has 8 nitrogen and oxygen atoms in total. The van der Waals surface area contributed by atoms with Gasteiger partial charge in [0.05, 0.1) is 6.04 Å². The molecule has 0 fully saturated rings. The van der Waals surface area contributed by atoms with Gasteiger partial charge in [-0.1, -0.05) is 123 Å². The van der Waals surface area contributed by atoms with Crippen molar-refractivity contribution in [1.82, 2.24) is 10.6 Å². The van der Waals surface area contributed by atoms with E-state index in [1.807, 2.05) is 97.1 Å². The number of ether oxygens (including phenoxy) is 1. The number of ketones is 1. The van der Waals surface area contributed by atoms with E-state index in [1.165, 1.54) is 0 Å². The predicted molar refractivity (Wildman–Crippen MR) is 181 cm³/mol. The minimum absolute atomic E-state index is 0.106. The molecule has 8 heteroatoms. The van der Waals surface area contributed by atoms with Gasteiger partial charge in [0, 0.05) is 18.3 Å². The number of carbonyl (C=O) groups is 4. The summed E-state index contributed by atoms with van der Waals surface area (Å²) in [5.74, 6) is -2.57. The molecule has 3 atom stereocenters. The van der Waals surface area contributed by atoms with Gasteiger partial charge < -0.3 is 21.1 Å². The van der Waals surface area contributed by atoms with Gasteiger partial charge >= 0.3 is 6.09 Å². The summed E-state index contributed by atoms with van der Waals surface area (Å²) < 4.78 is 5.78. The number of carbonyl (C=O) groups excluding carboxylic acids is 4. The van der Waals surface area contributed by atoms with Crippen molar-refractivity contribution < 1.29 is 23.9 Å². The van der Waals surface area contributed by atoms with Crippen molar-refractivity contribution in [3.8, 4) is 11.1 Å². The van der Waals surface area contributed by atoms with Crippen LogP contribution in [0.2, 0.25) is 0 Å². The van der Waals surface area contributed by atoms with Crippen molar-refractivity contribution in [2.45, 2.75) is 51.1 Å². The molecule has 0 aliphatic heterocycles. The first-order valence-corrected chi connectivity index (χ1v) is 16.0. The van der Waals surface area contributed by atoms with Gasteiger partial charge in [0.15, 0.2) is 5.78 Å². The maximum atomic E-state index is 14.0. The summed E-state index contributed by atoms with van der Waals surface area (Å²) in [6, 6.07) is 33.1. The fourth-order valence-electron chi connectivity index (χ4n) is 6.26. The molecular formula is C39H41N3O5. The van der Waals surface area contributed by atoms with Crippen LogP contribution in [0.5, 0.6) is 0 Å². The minimum atomic E-state index is -0.948. The highest BCUT2D eigenvalue weighted by atomic mass is 16.5. The highest BCUT2D eigenvalue weighted by Gasteiger charge is 2.33. The molecule has 1 aliphatic carbocycles. The maximum absolute atomic E-state index is 14.0. The first-order chi connectivity index (χ1) is 22.7. The van der Waals surface area contributed by atoms with Crippen molar-refractivity contribution >= 4 is 23.7 Å². The zero-order valence-corrected chi connectivity index (χ0v) is 26.7. The van der Waals surface area contributed by atoms with Crippen LogP contribution in [-0.4, -0.2) is 42.4 Å². The Morgan fingerprint density at radius 2 is 1.21 bits per heavy atom. The topological polar surface area (TPSA) is 128 Å². The zero-order chi connectivity index (χ0) is 33.3. The summed E-state index contributed by atoms with van der Waals surface area (Å²) in [6.45, 7) is 3.69. The Bertz CT molecular complexity index is 1660. The first-order valence-electron chi connectivity index (χ1n) is 16.0. The SMILES string of the molecule is CC(C)C(NC(=O)C(CC(=O)C(Cc1ccccc1)NC(=O)OCC1c2ccccc2-c2ccccc21)Cc1ccccc1)C(N)=O. The van der Waals surface area contributed by atoms with Crippen LogP contribution in [0.25, 0.3) is 11.1 Å². The third kappa shape index (κ3) is 8.33. The van der Waals surface area contributed by atoms with Crippen LogP contribution >= 0.6 is 0 Å². The monoisotopic (exact) mass is 631 g/mol. The number of nitrogens with one attached hydrogen (secondary N) is 2. The molecule has 3 amide bonds. The number of hydrogen-bond donors (Lipinski definition) is 3. The smallest absolute Gasteiger partial charge is 0.407 e. The molecule has 0 spiro atoms. The van der Waals surface area contributed by atoms with Gasteiger partial charge in [0.25, 0.3) is 0 Å². The quantitative estimate of drug-likeness (QED) is 0.167. The average Bonchev–Trinajstić information content (AvgIpc) is 3.39. The van der Waals surface area contributed by atoms with Crippen molar-refractivity contribution in [3.05, 3.63) is 131 Å². The molecule has 5 rings (SSSR count). The Kier molecular flexibility index (Phi) is 10.8. The van der Waals surface area contributed by atoms with Crippen LogP contribution < -0.4 is 16.4 Å². The van der Waals surface area contributed by atoms with Crippen LogP contribution in [0.3, 0.4) is 0 Å². The maximum Gasteiger partial charge on any atom is 0.407 e. The lowest BCUT2D eigenvalue weighted by atomic mass is 9.89. The van der Waals surface area contributed by atoms with E-state index in [9.17, 15) is 19.2 Å². The highest BCUT2D eigenvalue weighted by Crippen LogP contribution is 2.44. The molecule has 0 bridgehead atoms. The molecule has 3 unspecified atom stereocenters. The molecule has 4 N–H and O–H groups in total. The molecule has 47 heavy (non-hydrogen) atoms. The molecule has 0 heterocycles. The molecule has 242 valence electrons. The molecule has 0 saturated carbocycles. The van der Waals surface area contributed by atoms with Gasteiger partial charge in [-0.15, -0.1) is 0 Å². The van der Waals surface area contributed by atoms with Crippen LogP contribution in [0.4, 0.5) is 4.79 Å². The third-order valence-electron chi connectivity index (χ3n) is 8.72. The van der Waals surface area contributed by atoms with E-state index in [-0.39, 0.29) is 43.5 Å². The lowest BCUT2D eigenvalue weighted by Gasteiger charge is -2.25. The number of benzene rings is 4. The Morgan fingerprint density at radius 3 is 1.74 bits per heavy atom. The largest absolute Gasteiger partial charge is 0.449 e. The second-order valence-corrected chi connectivity index (χ2v) is 12.4. The normalized spacial score (nSPS) is 13.9. The number of hydrogen-bond acceptors (Lipinski definition) is 5. The van der Waals surface area contributed by atoms with Crippen molar-refractivity contribution in [3.63, 3.8) is 0 Å². The van der Waals surface area contributed by atoms with Gasteiger partial charge in [-0.2, -0.15) is 0 Å². The number of primary amides is 1. The fourth-order valence-corrected chi connectivity index (χ4v) is 6.26. The van der Waals surface area contributed by atoms with E-state index in [4.69, 9.17) is 10.5 Å². The Balaban J connectivity index is 1.33. The second-order valence-electron chi connectivity index (χ2n) is 12.4. The van der Waals surface area contributed by atoms with Gasteiger partial charge in [-0.3, -0.25) is 14.4 Å². The van der Waals surface area contributed by atoms with Crippen LogP contribution in [0, 0.1) is 11.8 Å². The summed E-state index contributed by atoms with van der Waals surface area (Å²) in [5, 5.41) is 5.57. The van der Waals surface area contributed by atoms with Gasteiger partial charge in [-0.25, -0.2) is 4.79 Å². The summed E-state index contributed by atoms with van der Waals surface area (Å²) in [4.78, 5) is 53.0.